The number of carboxylic acids is 1. The van der Waals surface area contributed by atoms with Crippen LogP contribution >= 0.6 is 0 Å². The van der Waals surface area contributed by atoms with Crippen molar-refractivity contribution in [3.63, 3.8) is 0 Å². The van der Waals surface area contributed by atoms with Crippen LogP contribution < -0.4 is 0 Å². The van der Waals surface area contributed by atoms with Gasteiger partial charge in [0.25, 0.3) is 0 Å². The third-order valence-corrected chi connectivity index (χ3v) is 15.6. The highest BCUT2D eigenvalue weighted by Gasteiger charge is 2.72. The van der Waals surface area contributed by atoms with Crippen LogP contribution in [0, 0.1) is 45.3 Å². The molecule has 2 saturated heterocycles. The zero-order valence-electron chi connectivity index (χ0n) is 29.4. The van der Waals surface area contributed by atoms with Crippen molar-refractivity contribution in [3.05, 3.63) is 0 Å². The Morgan fingerprint density at radius 3 is 2.04 bits per heavy atom. The lowest BCUT2D eigenvalue weighted by molar-refractivity contribution is -0.334. The molecule has 48 heavy (non-hydrogen) atoms. The standard InChI is InChI=1S/C36H60O12/c1-31(2)28(43)20(39)15-36(48-31,30(44)45)19-9-13-34(5)18(19)7-8-23-32(3)12-11-24(33(4,17-38)22(32)10-14-35(23,34)6)47-29-27(42)26(41)25(40)21(16-37)46-29/h18-29,37-43H,7-17H2,1-6H3,(H,44,45). The highest BCUT2D eigenvalue weighted by molar-refractivity contribution is 5.78. The minimum absolute atomic E-state index is 0.0586. The molecule has 8 N–H and O–H groups in total. The number of ether oxygens (including phenoxy) is 3. The van der Waals surface area contributed by atoms with Gasteiger partial charge in [0, 0.05) is 17.8 Å². The average molecular weight is 685 g/mol. The number of aliphatic carboxylic acids is 1. The van der Waals surface area contributed by atoms with E-state index < -0.39 is 78.2 Å². The molecule has 17 atom stereocenters. The lowest BCUT2D eigenvalue weighted by atomic mass is 9.35. The van der Waals surface area contributed by atoms with Crippen LogP contribution in [-0.4, -0.2) is 120 Å². The van der Waals surface area contributed by atoms with Gasteiger partial charge in [0.05, 0.1) is 31.0 Å². The summed E-state index contributed by atoms with van der Waals surface area (Å²) in [4.78, 5) is 13.1. The van der Waals surface area contributed by atoms with Gasteiger partial charge in [-0.2, -0.15) is 0 Å². The van der Waals surface area contributed by atoms with Crippen molar-refractivity contribution in [1.29, 1.82) is 0 Å². The number of aliphatic hydroxyl groups is 7. The van der Waals surface area contributed by atoms with E-state index in [2.05, 4.69) is 20.8 Å². The quantitative estimate of drug-likeness (QED) is 0.188. The summed E-state index contributed by atoms with van der Waals surface area (Å²) in [5, 5.41) is 84.4. The predicted octanol–water partition coefficient (Wildman–Crippen LogP) is 1.57. The Bertz CT molecular complexity index is 1230. The molecule has 0 aromatic rings. The normalized spacial score (nSPS) is 56.5. The molecule has 0 spiro atoms. The lowest BCUT2D eigenvalue weighted by Gasteiger charge is -2.70. The van der Waals surface area contributed by atoms with Crippen LogP contribution in [0.25, 0.3) is 0 Å². The summed E-state index contributed by atoms with van der Waals surface area (Å²) < 4.78 is 18.5. The number of carbonyl (C=O) groups is 1. The minimum Gasteiger partial charge on any atom is -0.479 e. The summed E-state index contributed by atoms with van der Waals surface area (Å²) in [5.41, 5.74) is -3.99. The molecule has 17 unspecified atom stereocenters. The zero-order chi connectivity index (χ0) is 35.4. The van der Waals surface area contributed by atoms with E-state index >= 15 is 0 Å². The average Bonchev–Trinajstić information content (AvgIpc) is 3.39. The van der Waals surface area contributed by atoms with Gasteiger partial charge in [0.2, 0.25) is 0 Å². The summed E-state index contributed by atoms with van der Waals surface area (Å²) in [6.45, 7) is 11.7. The number of rotatable bonds is 6. The van der Waals surface area contributed by atoms with Crippen LogP contribution in [0.5, 0.6) is 0 Å². The molecule has 0 amide bonds. The molecule has 6 aliphatic rings. The molecule has 0 bridgehead atoms. The number of hydrogen-bond acceptors (Lipinski definition) is 11. The first-order valence-electron chi connectivity index (χ1n) is 18.1. The molecule has 6 rings (SSSR count). The molecule has 2 aliphatic heterocycles. The number of aliphatic hydroxyl groups excluding tert-OH is 7. The van der Waals surface area contributed by atoms with E-state index in [1.165, 1.54) is 0 Å². The SMILES string of the molecule is CC1(C)OC(C(=O)O)(C2CCC3(C)C2CCC2C4(C)CCC(OC5OC(CO)C(O)C(O)C5O)C(C)(CO)C4CCC23C)CC(O)C1O. The Morgan fingerprint density at radius 1 is 0.771 bits per heavy atom. The lowest BCUT2D eigenvalue weighted by Crippen LogP contribution is -2.68. The maximum Gasteiger partial charge on any atom is 0.336 e. The van der Waals surface area contributed by atoms with Crippen molar-refractivity contribution in [2.45, 2.75) is 160 Å². The van der Waals surface area contributed by atoms with Gasteiger partial charge in [-0.3, -0.25) is 0 Å². The van der Waals surface area contributed by atoms with Gasteiger partial charge < -0.3 is 55.1 Å². The van der Waals surface area contributed by atoms with Crippen molar-refractivity contribution in [2.75, 3.05) is 13.2 Å². The second-order valence-corrected chi connectivity index (χ2v) is 18.0. The van der Waals surface area contributed by atoms with Crippen molar-refractivity contribution < 1.29 is 59.9 Å². The number of hydrogen-bond donors (Lipinski definition) is 8. The molecular weight excluding hydrogens is 624 g/mol. The predicted molar refractivity (Wildman–Crippen MR) is 171 cm³/mol. The highest BCUT2D eigenvalue weighted by Crippen LogP contribution is 2.76. The Labute approximate surface area is 283 Å². The van der Waals surface area contributed by atoms with E-state index in [0.717, 1.165) is 38.5 Å². The largest absolute Gasteiger partial charge is 0.479 e. The number of fused-ring (bicyclic) bond motifs is 5. The molecule has 12 heteroatoms. The molecular formula is C36H60O12. The van der Waals surface area contributed by atoms with Gasteiger partial charge in [0.1, 0.15) is 30.5 Å². The monoisotopic (exact) mass is 684 g/mol. The first-order valence-corrected chi connectivity index (χ1v) is 18.1. The molecule has 0 aromatic carbocycles. The fourth-order valence-corrected chi connectivity index (χ4v) is 12.8. The van der Waals surface area contributed by atoms with Crippen LogP contribution in [0.1, 0.15) is 99.3 Å². The maximum atomic E-state index is 13.1. The molecule has 12 nitrogen and oxygen atoms in total. The van der Waals surface area contributed by atoms with Crippen molar-refractivity contribution >= 4 is 5.97 Å². The van der Waals surface area contributed by atoms with Crippen LogP contribution in [0.15, 0.2) is 0 Å². The van der Waals surface area contributed by atoms with E-state index in [0.29, 0.717) is 18.8 Å². The van der Waals surface area contributed by atoms with Crippen LogP contribution in [0.4, 0.5) is 0 Å². The minimum atomic E-state index is -1.59. The van der Waals surface area contributed by atoms with Gasteiger partial charge in [-0.15, -0.1) is 0 Å². The smallest absolute Gasteiger partial charge is 0.336 e. The molecule has 4 saturated carbocycles. The van der Waals surface area contributed by atoms with Gasteiger partial charge in [-0.1, -0.05) is 27.7 Å². The first kappa shape index (κ1) is 36.8. The molecule has 0 radical (unpaired) electrons. The van der Waals surface area contributed by atoms with Crippen molar-refractivity contribution in [3.8, 4) is 0 Å². The van der Waals surface area contributed by atoms with Crippen molar-refractivity contribution in [1.82, 2.24) is 0 Å². The van der Waals surface area contributed by atoms with Gasteiger partial charge in [0.15, 0.2) is 11.9 Å². The van der Waals surface area contributed by atoms with Crippen LogP contribution in [0.2, 0.25) is 0 Å². The molecule has 4 aliphatic carbocycles. The highest BCUT2D eigenvalue weighted by atomic mass is 16.7. The zero-order valence-corrected chi connectivity index (χ0v) is 29.4. The van der Waals surface area contributed by atoms with E-state index in [-0.39, 0.29) is 47.0 Å². The molecule has 6 fully saturated rings. The van der Waals surface area contributed by atoms with Gasteiger partial charge >= 0.3 is 5.97 Å². The van der Waals surface area contributed by atoms with Gasteiger partial charge in [-0.05, 0) is 99.2 Å². The number of carboxylic acid groups (broad SMARTS) is 1. The Kier molecular flexibility index (Phi) is 9.26. The summed E-state index contributed by atoms with van der Waals surface area (Å²) in [5.74, 6) is -0.966. The second kappa shape index (κ2) is 12.1. The third kappa shape index (κ3) is 4.94. The Hall–Kier alpha value is -0.930. The Balaban J connectivity index is 1.27. The van der Waals surface area contributed by atoms with E-state index in [1.807, 2.05) is 6.92 Å². The van der Waals surface area contributed by atoms with Crippen LogP contribution in [-0.2, 0) is 19.0 Å². The fraction of sp³-hybridized carbons (Fsp3) is 0.972. The summed E-state index contributed by atoms with van der Waals surface area (Å²) in [6, 6.07) is 0. The molecule has 276 valence electrons. The van der Waals surface area contributed by atoms with Gasteiger partial charge in [-0.25, -0.2) is 4.79 Å². The molecule has 0 aromatic heterocycles. The van der Waals surface area contributed by atoms with E-state index in [9.17, 15) is 45.6 Å². The summed E-state index contributed by atoms with van der Waals surface area (Å²) in [6.07, 6.45) is -3.61. The fourth-order valence-electron chi connectivity index (χ4n) is 12.8. The van der Waals surface area contributed by atoms with E-state index in [1.54, 1.807) is 13.8 Å². The summed E-state index contributed by atoms with van der Waals surface area (Å²) in [7, 11) is 0. The maximum absolute atomic E-state index is 13.1. The first-order chi connectivity index (χ1) is 22.3. The molecule has 2 heterocycles. The third-order valence-electron chi connectivity index (χ3n) is 15.6. The van der Waals surface area contributed by atoms with Crippen LogP contribution in [0.3, 0.4) is 0 Å². The summed E-state index contributed by atoms with van der Waals surface area (Å²) >= 11 is 0. The van der Waals surface area contributed by atoms with Crippen molar-refractivity contribution in [2.24, 2.45) is 45.3 Å². The van der Waals surface area contributed by atoms with E-state index in [4.69, 9.17) is 14.2 Å². The topological polar surface area (TPSA) is 207 Å². The second-order valence-electron chi connectivity index (χ2n) is 18.0. The Morgan fingerprint density at radius 2 is 1.44 bits per heavy atom.